The van der Waals surface area contributed by atoms with Gasteiger partial charge >= 0.3 is 5.97 Å². The molecule has 1 fully saturated rings. The highest BCUT2D eigenvalue weighted by atomic mass is 16.5. The van der Waals surface area contributed by atoms with Crippen LogP contribution in [0.1, 0.15) is 56.4 Å². The van der Waals surface area contributed by atoms with E-state index in [4.69, 9.17) is 4.74 Å². The topological polar surface area (TPSA) is 90.3 Å². The number of benzene rings is 1. The molecule has 0 spiro atoms. The van der Waals surface area contributed by atoms with Gasteiger partial charge in [-0.25, -0.2) is 9.48 Å². The van der Waals surface area contributed by atoms with Crippen molar-refractivity contribution >= 4 is 22.6 Å². The summed E-state index contributed by atoms with van der Waals surface area (Å²) in [5.74, 6) is -0.691. The normalized spacial score (nSPS) is 16.1. The Morgan fingerprint density at radius 2 is 1.82 bits per heavy atom. The summed E-state index contributed by atoms with van der Waals surface area (Å²) in [5.41, 5.74) is -1.10. The van der Waals surface area contributed by atoms with E-state index < -0.39 is 17.4 Å². The summed E-state index contributed by atoms with van der Waals surface area (Å²) >= 11 is 0. The summed E-state index contributed by atoms with van der Waals surface area (Å²) in [6.45, 7) is 4.38. The molecule has 1 aromatic carbocycles. The van der Waals surface area contributed by atoms with Crippen LogP contribution in [0.4, 0.5) is 0 Å². The van der Waals surface area contributed by atoms with Crippen LogP contribution in [-0.2, 0) is 16.1 Å². The van der Waals surface area contributed by atoms with Gasteiger partial charge in [-0.1, -0.05) is 51.3 Å². The van der Waals surface area contributed by atoms with Crippen LogP contribution in [0.3, 0.4) is 0 Å². The van der Waals surface area contributed by atoms with Crippen molar-refractivity contribution in [3.63, 3.8) is 0 Å². The van der Waals surface area contributed by atoms with E-state index in [0.29, 0.717) is 30.2 Å². The molecule has 1 aliphatic carbocycles. The molecule has 3 rings (SSSR count). The number of hydrogen-bond donors (Lipinski definition) is 1. The highest BCUT2D eigenvalue weighted by Gasteiger charge is 2.42. The Bertz CT molecular complexity index is 942. The Labute approximate surface area is 164 Å². The number of fused-ring (bicyclic) bond motifs is 1. The van der Waals surface area contributed by atoms with Crippen LogP contribution in [0, 0.1) is 5.92 Å². The number of rotatable bonds is 5. The lowest BCUT2D eigenvalue weighted by atomic mass is 9.81. The SMILES string of the molecule is COC(=O)C1(NC(=O)c2nn(CC(C)C)c(=O)c3ccccc23)CCCCC1. The van der Waals surface area contributed by atoms with E-state index in [0.717, 1.165) is 19.3 Å². The Kier molecular flexibility index (Phi) is 5.82. The summed E-state index contributed by atoms with van der Waals surface area (Å²) in [4.78, 5) is 38.4. The molecule has 7 heteroatoms. The largest absolute Gasteiger partial charge is 0.467 e. The van der Waals surface area contributed by atoms with Gasteiger partial charge in [0.2, 0.25) is 0 Å². The molecule has 0 atom stereocenters. The van der Waals surface area contributed by atoms with Gasteiger partial charge in [-0.2, -0.15) is 5.10 Å². The highest BCUT2D eigenvalue weighted by Crippen LogP contribution is 2.30. The smallest absolute Gasteiger partial charge is 0.331 e. The van der Waals surface area contributed by atoms with Crippen LogP contribution >= 0.6 is 0 Å². The van der Waals surface area contributed by atoms with Gasteiger partial charge in [0.25, 0.3) is 11.5 Å². The third-order valence-electron chi connectivity index (χ3n) is 5.26. The zero-order valence-corrected chi connectivity index (χ0v) is 16.7. The number of aromatic nitrogens is 2. The first kappa shape index (κ1) is 20.0. The fraction of sp³-hybridized carbons (Fsp3) is 0.524. The molecular formula is C21H27N3O4. The Morgan fingerprint density at radius 1 is 1.18 bits per heavy atom. The Balaban J connectivity index is 2.06. The monoisotopic (exact) mass is 385 g/mol. The van der Waals surface area contributed by atoms with Crippen LogP contribution in [0.25, 0.3) is 10.8 Å². The van der Waals surface area contributed by atoms with Crippen molar-refractivity contribution in [1.29, 1.82) is 0 Å². The summed E-state index contributed by atoms with van der Waals surface area (Å²) in [6.07, 6.45) is 3.78. The second kappa shape index (κ2) is 8.12. The fourth-order valence-electron chi connectivity index (χ4n) is 3.88. The number of carbonyl (C=O) groups is 2. The maximum atomic E-state index is 13.2. The molecule has 1 saturated carbocycles. The lowest BCUT2D eigenvalue weighted by Gasteiger charge is -2.35. The van der Waals surface area contributed by atoms with Crippen molar-refractivity contribution in [1.82, 2.24) is 15.1 Å². The van der Waals surface area contributed by atoms with Gasteiger partial charge < -0.3 is 10.1 Å². The molecule has 0 unspecified atom stereocenters. The van der Waals surface area contributed by atoms with E-state index in [2.05, 4.69) is 10.4 Å². The first-order valence-electron chi connectivity index (χ1n) is 9.79. The van der Waals surface area contributed by atoms with E-state index in [1.54, 1.807) is 24.3 Å². The molecule has 0 aliphatic heterocycles. The van der Waals surface area contributed by atoms with E-state index in [1.807, 2.05) is 13.8 Å². The van der Waals surface area contributed by atoms with Crippen LogP contribution in [0.2, 0.25) is 0 Å². The highest BCUT2D eigenvalue weighted by molar-refractivity contribution is 6.06. The average Bonchev–Trinajstić information content (AvgIpc) is 2.69. The van der Waals surface area contributed by atoms with E-state index in [9.17, 15) is 14.4 Å². The van der Waals surface area contributed by atoms with Gasteiger partial charge in [-0.05, 0) is 24.8 Å². The van der Waals surface area contributed by atoms with Crippen molar-refractivity contribution in [2.45, 2.75) is 58.0 Å². The number of nitrogens with one attached hydrogen (secondary N) is 1. The number of hydrogen-bond acceptors (Lipinski definition) is 5. The first-order valence-corrected chi connectivity index (χ1v) is 9.79. The molecule has 7 nitrogen and oxygen atoms in total. The molecule has 1 aromatic heterocycles. The van der Waals surface area contributed by atoms with Crippen molar-refractivity contribution in [3.05, 3.63) is 40.3 Å². The van der Waals surface area contributed by atoms with Gasteiger partial charge in [0.1, 0.15) is 5.54 Å². The van der Waals surface area contributed by atoms with E-state index in [-0.39, 0.29) is 17.2 Å². The zero-order valence-electron chi connectivity index (χ0n) is 16.7. The van der Waals surface area contributed by atoms with Crippen LogP contribution in [0.5, 0.6) is 0 Å². The predicted octanol–water partition coefficient (Wildman–Crippen LogP) is 2.66. The predicted molar refractivity (Wildman–Crippen MR) is 106 cm³/mol. The van der Waals surface area contributed by atoms with Gasteiger partial charge in [-0.3, -0.25) is 9.59 Å². The number of esters is 1. The first-order chi connectivity index (χ1) is 13.4. The summed E-state index contributed by atoms with van der Waals surface area (Å²) in [6, 6.07) is 6.94. The van der Waals surface area contributed by atoms with Gasteiger partial charge in [0.15, 0.2) is 5.69 Å². The molecule has 0 saturated heterocycles. The summed E-state index contributed by atoms with van der Waals surface area (Å²) < 4.78 is 6.32. The number of ether oxygens (including phenoxy) is 1. The zero-order chi connectivity index (χ0) is 20.3. The van der Waals surface area contributed by atoms with Gasteiger partial charge in [0, 0.05) is 11.9 Å². The second-order valence-corrected chi connectivity index (χ2v) is 7.86. The summed E-state index contributed by atoms with van der Waals surface area (Å²) in [5, 5.41) is 8.19. The van der Waals surface area contributed by atoms with Crippen molar-refractivity contribution in [2.24, 2.45) is 5.92 Å². The standard InChI is InChI=1S/C21H27N3O4/c1-14(2)13-24-19(26)16-10-6-5-9-15(16)17(23-24)18(25)22-21(20(27)28-3)11-7-4-8-12-21/h5-6,9-10,14H,4,7-8,11-13H2,1-3H3,(H,22,25). The summed E-state index contributed by atoms with van der Waals surface area (Å²) in [7, 11) is 1.33. The van der Waals surface area contributed by atoms with Crippen LogP contribution in [0.15, 0.2) is 29.1 Å². The lowest BCUT2D eigenvalue weighted by molar-refractivity contribution is -0.149. The maximum absolute atomic E-state index is 13.2. The minimum absolute atomic E-state index is 0.157. The van der Waals surface area contributed by atoms with Crippen LogP contribution < -0.4 is 10.9 Å². The number of methoxy groups -OCH3 is 1. The van der Waals surface area contributed by atoms with Crippen LogP contribution in [-0.4, -0.2) is 34.3 Å². The lowest BCUT2D eigenvalue weighted by Crippen LogP contribution is -2.56. The third-order valence-corrected chi connectivity index (χ3v) is 5.26. The Morgan fingerprint density at radius 3 is 2.43 bits per heavy atom. The van der Waals surface area contributed by atoms with Gasteiger partial charge in [0.05, 0.1) is 12.5 Å². The quantitative estimate of drug-likeness (QED) is 0.799. The molecule has 1 heterocycles. The molecule has 0 radical (unpaired) electrons. The third kappa shape index (κ3) is 3.79. The van der Waals surface area contributed by atoms with Gasteiger partial charge in [-0.15, -0.1) is 0 Å². The molecule has 150 valence electrons. The molecule has 0 bridgehead atoms. The van der Waals surface area contributed by atoms with Crippen molar-refractivity contribution < 1.29 is 14.3 Å². The molecular weight excluding hydrogens is 358 g/mol. The molecule has 1 amide bonds. The number of nitrogens with zero attached hydrogens (tertiary/aromatic N) is 2. The maximum Gasteiger partial charge on any atom is 0.331 e. The fourth-order valence-corrected chi connectivity index (χ4v) is 3.88. The molecule has 1 aliphatic rings. The molecule has 28 heavy (non-hydrogen) atoms. The minimum atomic E-state index is -1.04. The molecule has 2 aromatic rings. The van der Waals surface area contributed by atoms with Crippen molar-refractivity contribution in [2.75, 3.05) is 7.11 Å². The number of carbonyl (C=O) groups excluding carboxylic acids is 2. The Hall–Kier alpha value is -2.70. The van der Waals surface area contributed by atoms with E-state index in [1.165, 1.54) is 11.8 Å². The second-order valence-electron chi connectivity index (χ2n) is 7.86. The van der Waals surface area contributed by atoms with Crippen molar-refractivity contribution in [3.8, 4) is 0 Å². The average molecular weight is 385 g/mol. The number of amides is 1. The molecule has 1 N–H and O–H groups in total. The van der Waals surface area contributed by atoms with E-state index >= 15 is 0 Å². The minimum Gasteiger partial charge on any atom is -0.467 e.